The Kier molecular flexibility index (Phi) is 15.2. The molecule has 66 heavy (non-hydrogen) atoms. The molecule has 5 amide bonds. The maximum Gasteiger partial charge on any atom is 0.339 e. The summed E-state index contributed by atoms with van der Waals surface area (Å²) in [5, 5.41) is 53.6. The predicted octanol–water partition coefficient (Wildman–Crippen LogP) is 5.13. The van der Waals surface area contributed by atoms with E-state index in [0.717, 1.165) is 11.6 Å². The topological polar surface area (TPSA) is 274 Å². The highest BCUT2D eigenvalue weighted by Gasteiger charge is 2.27. The third kappa shape index (κ3) is 11.6. The summed E-state index contributed by atoms with van der Waals surface area (Å²) in [7, 11) is 2.38. The van der Waals surface area contributed by atoms with E-state index >= 15 is 0 Å². The van der Waals surface area contributed by atoms with E-state index in [2.05, 4.69) is 26.6 Å². The molecule has 19 heteroatoms. The van der Waals surface area contributed by atoms with E-state index in [1.807, 2.05) is 4.90 Å². The first-order valence-electron chi connectivity index (χ1n) is 20.2. The number of benzene rings is 5. The Bertz CT molecular complexity index is 2660. The van der Waals surface area contributed by atoms with Crippen molar-refractivity contribution in [1.82, 2.24) is 10.2 Å². The molecule has 0 saturated carbocycles. The van der Waals surface area contributed by atoms with E-state index in [0.29, 0.717) is 43.3 Å². The van der Waals surface area contributed by atoms with Gasteiger partial charge in [-0.15, -0.1) is 0 Å². The van der Waals surface area contributed by atoms with Gasteiger partial charge in [0.25, 0.3) is 23.6 Å². The molecule has 342 valence electrons. The number of morpholine rings is 1. The molecule has 1 saturated heterocycles. The zero-order chi connectivity index (χ0) is 47.5. The lowest BCUT2D eigenvalue weighted by Crippen LogP contribution is -2.52. The second-order valence-corrected chi connectivity index (χ2v) is 14.8. The van der Waals surface area contributed by atoms with Crippen LogP contribution in [0.3, 0.4) is 0 Å². The molecule has 6 rings (SSSR count). The minimum absolute atomic E-state index is 0.00489. The Hall–Kier alpha value is -8.42. The number of carboxylic acid groups (broad SMARTS) is 1. The number of phenolic OH excluding ortho intramolecular Hbond substituents is 2. The van der Waals surface area contributed by atoms with E-state index in [1.54, 1.807) is 37.3 Å². The fraction of sp³-hybridized carbons (Fsp3) is 0.191. The molecular weight excluding hydrogens is 857 g/mol. The van der Waals surface area contributed by atoms with Crippen LogP contribution < -0.4 is 36.1 Å². The average Bonchev–Trinajstić information content (AvgIpc) is 3.30. The highest BCUT2D eigenvalue weighted by molar-refractivity contribution is 6.11. The number of hydrogen-bond acceptors (Lipinski definition) is 13. The fourth-order valence-corrected chi connectivity index (χ4v) is 6.73. The van der Waals surface area contributed by atoms with Crippen LogP contribution in [0.15, 0.2) is 103 Å². The zero-order valence-corrected chi connectivity index (χ0v) is 35.8. The number of amides is 5. The number of carbonyl (C=O) groups is 6. The maximum atomic E-state index is 13.7. The Labute approximate surface area is 377 Å². The molecule has 1 atom stereocenters. The number of hydrogen-bond donors (Lipinski definition) is 9. The van der Waals surface area contributed by atoms with Crippen LogP contribution >= 0.6 is 0 Å². The summed E-state index contributed by atoms with van der Waals surface area (Å²) >= 11 is 0. The Morgan fingerprint density at radius 1 is 0.652 bits per heavy atom. The van der Waals surface area contributed by atoms with Crippen LogP contribution in [0.4, 0.5) is 22.7 Å². The highest BCUT2D eigenvalue weighted by atomic mass is 16.5. The Morgan fingerprint density at radius 3 is 1.73 bits per heavy atom. The molecule has 0 radical (unpaired) electrons. The molecule has 1 aliphatic rings. The molecule has 0 aliphatic carbocycles. The molecule has 0 aromatic heterocycles. The van der Waals surface area contributed by atoms with Crippen LogP contribution in [-0.2, 0) is 14.3 Å². The number of carbonyl (C=O) groups excluding carboxylic acids is 5. The summed E-state index contributed by atoms with van der Waals surface area (Å²) in [5.74, 6) is -6.15. The van der Waals surface area contributed by atoms with Crippen molar-refractivity contribution in [3.63, 3.8) is 0 Å². The molecule has 5 aromatic rings. The molecular formula is C47H46N6O13. The van der Waals surface area contributed by atoms with Crippen molar-refractivity contribution in [3.05, 3.63) is 130 Å². The first kappa shape index (κ1) is 47.1. The summed E-state index contributed by atoms with van der Waals surface area (Å²) in [4.78, 5) is 79.9. The van der Waals surface area contributed by atoms with Gasteiger partial charge in [-0.25, -0.2) is 4.79 Å². The summed E-state index contributed by atoms with van der Waals surface area (Å²) in [6.07, 6.45) is 1.67. The van der Waals surface area contributed by atoms with Crippen LogP contribution in [0.5, 0.6) is 28.7 Å². The summed E-state index contributed by atoms with van der Waals surface area (Å²) in [6.45, 7) is 3.83. The van der Waals surface area contributed by atoms with Crippen LogP contribution in [0.2, 0.25) is 0 Å². The van der Waals surface area contributed by atoms with Crippen LogP contribution in [0.1, 0.15) is 53.9 Å². The standard InChI is InChI=1S/C47H46N6O13/c1-26(24-27-4-14-32(54)15-5-27)42(57)48-30-10-6-29(7-11-30)44(59)52-37(25-53-20-22-66-23-21-53)46(61)49-31-12-8-28(9-13-31)43(58)50-35-18-16-33(38(55)40(35)64-2)45(60)51-36-19-17-34(47(62)63)39(56)41(36)65-3/h4-19,24,37,54-56H,20-23,25H2,1-3H3,(H,48,57)(H,49,61)(H,50,58)(H,51,60)(H,52,59)(H,62,63)/b26-24+. The van der Waals surface area contributed by atoms with Gasteiger partial charge < -0.3 is 61.2 Å². The van der Waals surface area contributed by atoms with Crippen molar-refractivity contribution in [2.45, 2.75) is 13.0 Å². The highest BCUT2D eigenvalue weighted by Crippen LogP contribution is 2.40. The van der Waals surface area contributed by atoms with E-state index in [9.17, 15) is 49.2 Å². The quantitative estimate of drug-likeness (QED) is 0.0581. The first-order chi connectivity index (χ1) is 31.6. The monoisotopic (exact) mass is 902 g/mol. The van der Waals surface area contributed by atoms with Crippen LogP contribution in [0, 0.1) is 0 Å². The molecule has 19 nitrogen and oxygen atoms in total. The number of aromatic hydroxyl groups is 3. The van der Waals surface area contributed by atoms with Crippen molar-refractivity contribution < 1.29 is 63.4 Å². The molecule has 5 aromatic carbocycles. The summed E-state index contributed by atoms with van der Waals surface area (Å²) in [6, 6.07) is 22.2. The molecule has 0 bridgehead atoms. The molecule has 1 aliphatic heterocycles. The molecule has 0 spiro atoms. The minimum Gasteiger partial charge on any atom is -0.508 e. The summed E-state index contributed by atoms with van der Waals surface area (Å²) in [5.41, 5.74) is 1.48. The van der Waals surface area contributed by atoms with Crippen LogP contribution in [-0.4, -0.2) is 114 Å². The number of nitrogens with zero attached hydrogens (tertiary/aromatic N) is 1. The van der Waals surface area contributed by atoms with Gasteiger partial charge in [-0.2, -0.15) is 0 Å². The number of nitrogens with one attached hydrogen (secondary N) is 5. The second-order valence-electron chi connectivity index (χ2n) is 14.8. The van der Waals surface area contributed by atoms with Gasteiger partial charge in [-0.05, 0) is 103 Å². The van der Waals surface area contributed by atoms with Crippen molar-refractivity contribution in [3.8, 4) is 28.7 Å². The lowest BCUT2D eigenvalue weighted by molar-refractivity contribution is -0.118. The number of anilines is 4. The van der Waals surface area contributed by atoms with Crippen molar-refractivity contribution in [2.75, 3.05) is 68.3 Å². The van der Waals surface area contributed by atoms with Gasteiger partial charge in [0.1, 0.15) is 17.4 Å². The number of ether oxygens (including phenoxy) is 3. The third-order valence-electron chi connectivity index (χ3n) is 10.3. The van der Waals surface area contributed by atoms with E-state index in [4.69, 9.17) is 14.2 Å². The number of carboxylic acids is 1. The Morgan fingerprint density at radius 2 is 1.17 bits per heavy atom. The minimum atomic E-state index is -1.42. The molecule has 1 heterocycles. The van der Waals surface area contributed by atoms with Gasteiger partial charge in [-0.3, -0.25) is 28.9 Å². The van der Waals surface area contributed by atoms with Crippen molar-refractivity contribution >= 4 is 64.3 Å². The fourth-order valence-electron chi connectivity index (χ4n) is 6.73. The average molecular weight is 903 g/mol. The van der Waals surface area contributed by atoms with Crippen LogP contribution in [0.25, 0.3) is 6.08 Å². The molecule has 9 N–H and O–H groups in total. The first-order valence-corrected chi connectivity index (χ1v) is 20.2. The van der Waals surface area contributed by atoms with Gasteiger partial charge in [-0.1, -0.05) is 12.1 Å². The molecule has 1 unspecified atom stereocenters. The van der Waals surface area contributed by atoms with E-state index in [-0.39, 0.29) is 57.8 Å². The lowest BCUT2D eigenvalue weighted by atomic mass is 10.1. The van der Waals surface area contributed by atoms with Gasteiger partial charge in [0.05, 0.1) is 44.4 Å². The second kappa shape index (κ2) is 21.3. The van der Waals surface area contributed by atoms with Gasteiger partial charge in [0.2, 0.25) is 5.91 Å². The van der Waals surface area contributed by atoms with E-state index in [1.165, 1.54) is 80.9 Å². The van der Waals surface area contributed by atoms with Gasteiger partial charge in [0, 0.05) is 47.7 Å². The molecule has 1 fully saturated rings. The number of phenols is 3. The number of methoxy groups -OCH3 is 2. The largest absolute Gasteiger partial charge is 0.508 e. The number of aromatic carboxylic acids is 1. The van der Waals surface area contributed by atoms with Gasteiger partial charge >= 0.3 is 5.97 Å². The summed E-state index contributed by atoms with van der Waals surface area (Å²) < 4.78 is 15.9. The van der Waals surface area contributed by atoms with Gasteiger partial charge in [0.15, 0.2) is 23.0 Å². The maximum absolute atomic E-state index is 13.7. The normalized spacial score (nSPS) is 13.1. The van der Waals surface area contributed by atoms with Crippen molar-refractivity contribution in [2.24, 2.45) is 0 Å². The number of rotatable bonds is 16. The van der Waals surface area contributed by atoms with Crippen molar-refractivity contribution in [1.29, 1.82) is 0 Å². The lowest BCUT2D eigenvalue weighted by Gasteiger charge is -2.30. The van der Waals surface area contributed by atoms with E-state index < -0.39 is 52.7 Å². The third-order valence-corrected chi connectivity index (χ3v) is 10.3. The smallest absolute Gasteiger partial charge is 0.339 e. The Balaban J connectivity index is 1.09. The zero-order valence-electron chi connectivity index (χ0n) is 35.8. The SMILES string of the molecule is COc1c(NC(=O)c2ccc(NC(=O)c3ccc(NC(=O)C(CN4CCOCC4)NC(=O)c4ccc(NC(=O)/C(C)=C/c5ccc(O)cc5)cc4)cc3)c(OC)c2O)ccc(C(=O)O)c1O. The predicted molar refractivity (Wildman–Crippen MR) is 243 cm³/mol.